The third kappa shape index (κ3) is 1.54. The molecule has 0 aliphatic carbocycles. The summed E-state index contributed by atoms with van der Waals surface area (Å²) in [5.74, 6) is 0. The van der Waals surface area contributed by atoms with Crippen molar-refractivity contribution in [1.82, 2.24) is 9.55 Å². The second kappa shape index (κ2) is 3.09. The highest BCUT2D eigenvalue weighted by Crippen LogP contribution is 2.27. The molecule has 0 atom stereocenters. The van der Waals surface area contributed by atoms with Crippen molar-refractivity contribution in [1.29, 1.82) is 0 Å². The molecule has 0 bridgehead atoms. The molecule has 0 saturated heterocycles. The first kappa shape index (κ1) is 10.2. The van der Waals surface area contributed by atoms with Crippen molar-refractivity contribution in [2.75, 3.05) is 0 Å². The predicted octanol–water partition coefficient (Wildman–Crippen LogP) is 3.41. The van der Waals surface area contributed by atoms with Crippen LogP contribution < -0.4 is 0 Å². The molecule has 2 aromatic heterocycles. The molecule has 0 N–H and O–H groups in total. The van der Waals surface area contributed by atoms with Gasteiger partial charge in [0.2, 0.25) is 0 Å². The van der Waals surface area contributed by atoms with Crippen molar-refractivity contribution >= 4 is 10.9 Å². The number of aromatic nitrogens is 2. The van der Waals surface area contributed by atoms with Gasteiger partial charge in [-0.25, -0.2) is 0 Å². The van der Waals surface area contributed by atoms with E-state index >= 15 is 0 Å². The smallest absolute Gasteiger partial charge is 0.0521 e. The maximum Gasteiger partial charge on any atom is 0.0521 e. The van der Waals surface area contributed by atoms with Crippen LogP contribution in [0.3, 0.4) is 0 Å². The van der Waals surface area contributed by atoms with Gasteiger partial charge in [0.25, 0.3) is 0 Å². The first-order chi connectivity index (χ1) is 6.91. The molecule has 0 spiro atoms. The third-order valence-electron chi connectivity index (χ3n) is 2.78. The monoisotopic (exact) mass is 202 g/mol. The Kier molecular flexibility index (Phi) is 2.10. The summed E-state index contributed by atoms with van der Waals surface area (Å²) in [5.41, 5.74) is 3.82. The maximum atomic E-state index is 4.33. The molecule has 2 rings (SSSR count). The molecule has 2 heterocycles. The Morgan fingerprint density at radius 3 is 2.47 bits per heavy atom. The summed E-state index contributed by atoms with van der Waals surface area (Å²) < 4.78 is 2.37. The Hall–Kier alpha value is -1.31. The van der Waals surface area contributed by atoms with Gasteiger partial charge in [0.05, 0.1) is 5.52 Å². The lowest BCUT2D eigenvalue weighted by Crippen LogP contribution is -2.22. The van der Waals surface area contributed by atoms with Crippen LogP contribution in [0.1, 0.15) is 32.2 Å². The number of fused-ring (bicyclic) bond motifs is 1. The molecule has 2 heteroatoms. The van der Waals surface area contributed by atoms with E-state index in [-0.39, 0.29) is 5.54 Å². The Morgan fingerprint density at radius 2 is 1.87 bits per heavy atom. The van der Waals surface area contributed by atoms with E-state index in [0.717, 1.165) is 5.69 Å². The maximum absolute atomic E-state index is 4.33. The van der Waals surface area contributed by atoms with E-state index < -0.39 is 0 Å². The van der Waals surface area contributed by atoms with Crippen LogP contribution in [0.4, 0.5) is 0 Å². The zero-order valence-corrected chi connectivity index (χ0v) is 10.1. The highest BCUT2D eigenvalue weighted by atomic mass is 15.1. The number of aryl methyl sites for hydroxylation is 2. The van der Waals surface area contributed by atoms with Crippen LogP contribution >= 0.6 is 0 Å². The van der Waals surface area contributed by atoms with Gasteiger partial charge < -0.3 is 4.57 Å². The summed E-state index contributed by atoms with van der Waals surface area (Å²) in [6.45, 7) is 10.9. The van der Waals surface area contributed by atoms with Gasteiger partial charge in [-0.2, -0.15) is 0 Å². The lowest BCUT2D eigenvalue weighted by Gasteiger charge is -2.24. The van der Waals surface area contributed by atoms with Crippen molar-refractivity contribution in [2.24, 2.45) is 0 Å². The van der Waals surface area contributed by atoms with E-state index in [4.69, 9.17) is 0 Å². The summed E-state index contributed by atoms with van der Waals surface area (Å²) in [6, 6.07) is 4.32. The molecule has 0 aromatic carbocycles. The molecule has 2 aromatic rings. The standard InChI is InChI=1S/C13H18N2/c1-9-8-11-10(2)14-7-6-12(11)15(9)13(3,4)5/h6-8H,1-5H3. The fourth-order valence-corrected chi connectivity index (χ4v) is 2.29. The van der Waals surface area contributed by atoms with Gasteiger partial charge in [-0.3, -0.25) is 4.98 Å². The second-order valence-electron chi connectivity index (χ2n) is 5.12. The number of hydrogen-bond donors (Lipinski definition) is 0. The molecular formula is C13H18N2. The summed E-state index contributed by atoms with van der Waals surface area (Å²) in [4.78, 5) is 4.33. The Labute approximate surface area is 90.9 Å². The lowest BCUT2D eigenvalue weighted by molar-refractivity contribution is 0.403. The van der Waals surface area contributed by atoms with Crippen molar-refractivity contribution in [2.45, 2.75) is 40.2 Å². The highest BCUT2D eigenvalue weighted by molar-refractivity contribution is 5.83. The van der Waals surface area contributed by atoms with Crippen LogP contribution in [0.5, 0.6) is 0 Å². The van der Waals surface area contributed by atoms with Crippen molar-refractivity contribution in [3.05, 3.63) is 29.7 Å². The van der Waals surface area contributed by atoms with E-state index in [1.807, 2.05) is 6.20 Å². The predicted molar refractivity (Wildman–Crippen MR) is 64.2 cm³/mol. The highest BCUT2D eigenvalue weighted by Gasteiger charge is 2.18. The van der Waals surface area contributed by atoms with Crippen LogP contribution in [0.2, 0.25) is 0 Å². The van der Waals surface area contributed by atoms with Gasteiger partial charge in [0.15, 0.2) is 0 Å². The topological polar surface area (TPSA) is 17.8 Å². The number of pyridine rings is 1. The van der Waals surface area contributed by atoms with Crippen LogP contribution in [0, 0.1) is 13.8 Å². The third-order valence-corrected chi connectivity index (χ3v) is 2.78. The average Bonchev–Trinajstić information content (AvgIpc) is 2.41. The van der Waals surface area contributed by atoms with E-state index in [0.29, 0.717) is 0 Å². The van der Waals surface area contributed by atoms with Gasteiger partial charge in [-0.1, -0.05) is 0 Å². The molecule has 0 fully saturated rings. The Bertz CT molecular complexity index is 501. The minimum absolute atomic E-state index is 0.125. The van der Waals surface area contributed by atoms with E-state index in [1.165, 1.54) is 16.6 Å². The van der Waals surface area contributed by atoms with Crippen LogP contribution in [0.15, 0.2) is 18.3 Å². The van der Waals surface area contributed by atoms with E-state index in [9.17, 15) is 0 Å². The average molecular weight is 202 g/mol. The summed E-state index contributed by atoms with van der Waals surface area (Å²) in [6.07, 6.45) is 1.89. The molecule has 2 nitrogen and oxygen atoms in total. The van der Waals surface area contributed by atoms with Crippen molar-refractivity contribution < 1.29 is 0 Å². The first-order valence-electron chi connectivity index (χ1n) is 5.35. The molecule has 0 radical (unpaired) electrons. The van der Waals surface area contributed by atoms with E-state index in [2.05, 4.69) is 56.3 Å². The molecule has 0 amide bonds. The molecule has 0 aliphatic rings. The molecular weight excluding hydrogens is 184 g/mol. The molecule has 15 heavy (non-hydrogen) atoms. The fraction of sp³-hybridized carbons (Fsp3) is 0.462. The minimum atomic E-state index is 0.125. The summed E-state index contributed by atoms with van der Waals surface area (Å²) in [7, 11) is 0. The quantitative estimate of drug-likeness (QED) is 0.640. The van der Waals surface area contributed by atoms with Gasteiger partial charge in [0.1, 0.15) is 0 Å². The molecule has 0 unspecified atom stereocenters. The minimum Gasteiger partial charge on any atom is -0.340 e. The van der Waals surface area contributed by atoms with Gasteiger partial charge in [0, 0.05) is 28.5 Å². The normalized spacial score (nSPS) is 12.3. The molecule has 0 saturated carbocycles. The zero-order chi connectivity index (χ0) is 11.2. The van der Waals surface area contributed by atoms with Gasteiger partial charge >= 0.3 is 0 Å². The van der Waals surface area contributed by atoms with Crippen LogP contribution in [-0.2, 0) is 5.54 Å². The lowest BCUT2D eigenvalue weighted by atomic mass is 10.1. The van der Waals surface area contributed by atoms with Crippen molar-refractivity contribution in [3.8, 4) is 0 Å². The van der Waals surface area contributed by atoms with E-state index in [1.54, 1.807) is 0 Å². The Morgan fingerprint density at radius 1 is 1.20 bits per heavy atom. The Balaban J connectivity index is 2.86. The molecule has 80 valence electrons. The van der Waals surface area contributed by atoms with Crippen molar-refractivity contribution in [3.63, 3.8) is 0 Å². The second-order valence-corrected chi connectivity index (χ2v) is 5.12. The first-order valence-corrected chi connectivity index (χ1v) is 5.35. The molecule has 0 aliphatic heterocycles. The van der Waals surface area contributed by atoms with Crippen LogP contribution in [-0.4, -0.2) is 9.55 Å². The summed E-state index contributed by atoms with van der Waals surface area (Å²) in [5, 5.41) is 1.27. The number of rotatable bonds is 0. The fourth-order valence-electron chi connectivity index (χ4n) is 2.29. The largest absolute Gasteiger partial charge is 0.340 e. The van der Waals surface area contributed by atoms with Gasteiger partial charge in [-0.05, 0) is 46.8 Å². The van der Waals surface area contributed by atoms with Crippen LogP contribution in [0.25, 0.3) is 10.9 Å². The summed E-state index contributed by atoms with van der Waals surface area (Å²) >= 11 is 0. The zero-order valence-electron chi connectivity index (χ0n) is 10.1. The number of hydrogen-bond acceptors (Lipinski definition) is 1. The van der Waals surface area contributed by atoms with Gasteiger partial charge in [-0.15, -0.1) is 0 Å². The SMILES string of the molecule is Cc1nccc2c1cc(C)n2C(C)(C)C. The number of nitrogens with zero attached hydrogens (tertiary/aromatic N) is 2.